The van der Waals surface area contributed by atoms with Crippen LogP contribution in [0.5, 0.6) is 0 Å². The van der Waals surface area contributed by atoms with E-state index in [4.69, 9.17) is 4.98 Å². The maximum atomic E-state index is 14.9. The molecule has 2 aromatic heterocycles. The van der Waals surface area contributed by atoms with Crippen LogP contribution in [-0.2, 0) is 0 Å². The van der Waals surface area contributed by atoms with Crippen LogP contribution in [-0.4, -0.2) is 14.5 Å². The minimum Gasteiger partial charge on any atom is -0.278 e. The molecule has 0 N–H and O–H groups in total. The van der Waals surface area contributed by atoms with E-state index in [2.05, 4.69) is 71.1 Å². The first kappa shape index (κ1) is 23.1. The van der Waals surface area contributed by atoms with Crippen LogP contribution in [0.15, 0.2) is 128 Å². The number of halogens is 1. The molecule has 0 saturated heterocycles. The Morgan fingerprint density at radius 1 is 0.564 bits per heavy atom. The van der Waals surface area contributed by atoms with Crippen molar-refractivity contribution in [3.8, 4) is 39.5 Å². The summed E-state index contributed by atoms with van der Waals surface area (Å²) in [6, 6.07) is 40.0. The summed E-state index contributed by atoms with van der Waals surface area (Å²) in [4.78, 5) is 9.55. The van der Waals surface area contributed by atoms with Crippen molar-refractivity contribution in [2.75, 3.05) is 0 Å². The van der Waals surface area contributed by atoms with E-state index in [-0.39, 0.29) is 5.82 Å². The number of aryl methyl sites for hydroxylation is 1. The Hall–Kier alpha value is -5.09. The lowest BCUT2D eigenvalue weighted by atomic mass is 9.98. The first-order valence-corrected chi connectivity index (χ1v) is 12.9. The van der Waals surface area contributed by atoms with Gasteiger partial charge in [0.2, 0.25) is 5.95 Å². The number of hydrogen-bond donors (Lipinski definition) is 0. The van der Waals surface area contributed by atoms with Crippen molar-refractivity contribution in [2.45, 2.75) is 6.92 Å². The Balaban J connectivity index is 1.31. The Labute approximate surface area is 225 Å². The molecule has 0 aliphatic rings. The second kappa shape index (κ2) is 9.34. The number of aromatic nitrogens is 3. The van der Waals surface area contributed by atoms with Crippen LogP contribution in [0.1, 0.15) is 5.56 Å². The van der Waals surface area contributed by atoms with Gasteiger partial charge in [-0.3, -0.25) is 4.57 Å². The van der Waals surface area contributed by atoms with Crippen molar-refractivity contribution in [2.24, 2.45) is 0 Å². The predicted molar refractivity (Wildman–Crippen MR) is 157 cm³/mol. The van der Waals surface area contributed by atoms with Gasteiger partial charge in [0, 0.05) is 22.5 Å². The van der Waals surface area contributed by atoms with E-state index >= 15 is 0 Å². The molecule has 0 aliphatic heterocycles. The van der Waals surface area contributed by atoms with Gasteiger partial charge in [-0.15, -0.1) is 0 Å². The SMILES string of the molecule is Cc1ccc2c(c1)c1ccccc1n2-c1nccc(-c2cc(F)cc(-c3ccc(-c4ccccc4)cc3)c2)n1. The average Bonchev–Trinajstić information content (AvgIpc) is 3.31. The van der Waals surface area contributed by atoms with E-state index in [1.165, 1.54) is 11.6 Å². The number of fused-ring (bicyclic) bond motifs is 3. The Bertz CT molecular complexity index is 1970. The number of nitrogens with zero attached hydrogens (tertiary/aromatic N) is 3. The molecule has 7 aromatic rings. The maximum absolute atomic E-state index is 14.9. The number of rotatable bonds is 4. The molecule has 0 atom stereocenters. The summed E-state index contributed by atoms with van der Waals surface area (Å²) in [7, 11) is 0. The summed E-state index contributed by atoms with van der Waals surface area (Å²) < 4.78 is 17.0. The molecule has 0 radical (unpaired) electrons. The summed E-state index contributed by atoms with van der Waals surface area (Å²) in [5.41, 5.74) is 8.67. The van der Waals surface area contributed by atoms with E-state index in [9.17, 15) is 4.39 Å². The quantitative estimate of drug-likeness (QED) is 0.239. The van der Waals surface area contributed by atoms with Gasteiger partial charge in [0.05, 0.1) is 16.7 Å². The Morgan fingerprint density at radius 3 is 2.05 bits per heavy atom. The molecule has 7 rings (SSSR count). The molecule has 0 unspecified atom stereocenters. The van der Waals surface area contributed by atoms with Crippen molar-refractivity contribution in [3.63, 3.8) is 0 Å². The highest BCUT2D eigenvalue weighted by atomic mass is 19.1. The predicted octanol–water partition coefficient (Wildman–Crippen LogP) is 9.02. The van der Waals surface area contributed by atoms with Gasteiger partial charge in [0.15, 0.2) is 0 Å². The third kappa shape index (κ3) is 4.16. The summed E-state index contributed by atoms with van der Waals surface area (Å²) in [6.45, 7) is 2.10. The second-order valence-corrected chi connectivity index (χ2v) is 9.79. The van der Waals surface area contributed by atoms with E-state index in [0.29, 0.717) is 17.2 Å². The van der Waals surface area contributed by atoms with Gasteiger partial charge in [-0.2, -0.15) is 0 Å². The first-order chi connectivity index (χ1) is 19.1. The third-order valence-electron chi connectivity index (χ3n) is 7.19. The minimum absolute atomic E-state index is 0.304. The van der Waals surface area contributed by atoms with Gasteiger partial charge in [0.1, 0.15) is 5.82 Å². The van der Waals surface area contributed by atoms with Crippen LogP contribution in [0.3, 0.4) is 0 Å². The van der Waals surface area contributed by atoms with Crippen molar-refractivity contribution in [1.29, 1.82) is 0 Å². The molecular weight excluding hydrogens is 481 g/mol. The first-order valence-electron chi connectivity index (χ1n) is 12.9. The highest BCUT2D eigenvalue weighted by Gasteiger charge is 2.15. The molecule has 0 saturated carbocycles. The summed E-state index contributed by atoms with van der Waals surface area (Å²) in [5.74, 6) is 0.253. The molecule has 3 nitrogen and oxygen atoms in total. The van der Waals surface area contributed by atoms with Crippen LogP contribution in [0, 0.1) is 12.7 Å². The van der Waals surface area contributed by atoms with Crippen molar-refractivity contribution >= 4 is 21.8 Å². The zero-order valence-electron chi connectivity index (χ0n) is 21.3. The maximum Gasteiger partial charge on any atom is 0.235 e. The third-order valence-corrected chi connectivity index (χ3v) is 7.19. The molecule has 0 aliphatic carbocycles. The van der Waals surface area contributed by atoms with Crippen molar-refractivity contribution in [3.05, 3.63) is 139 Å². The monoisotopic (exact) mass is 505 g/mol. The normalized spacial score (nSPS) is 11.3. The number of para-hydroxylation sites is 1. The lowest BCUT2D eigenvalue weighted by Crippen LogP contribution is -2.01. The molecule has 0 spiro atoms. The molecule has 0 bridgehead atoms. The topological polar surface area (TPSA) is 30.7 Å². The van der Waals surface area contributed by atoms with E-state index in [1.807, 2.05) is 54.6 Å². The molecule has 39 heavy (non-hydrogen) atoms. The van der Waals surface area contributed by atoms with Gasteiger partial charge >= 0.3 is 0 Å². The second-order valence-electron chi connectivity index (χ2n) is 9.79. The zero-order valence-corrected chi connectivity index (χ0v) is 21.3. The molecule has 186 valence electrons. The lowest BCUT2D eigenvalue weighted by Gasteiger charge is -2.10. The molecule has 5 aromatic carbocycles. The van der Waals surface area contributed by atoms with Crippen LogP contribution >= 0.6 is 0 Å². The van der Waals surface area contributed by atoms with Gasteiger partial charge in [0.25, 0.3) is 0 Å². The summed E-state index contributed by atoms with van der Waals surface area (Å²) in [5, 5.41) is 2.31. The van der Waals surface area contributed by atoms with Crippen molar-refractivity contribution < 1.29 is 4.39 Å². The van der Waals surface area contributed by atoms with Crippen molar-refractivity contribution in [1.82, 2.24) is 14.5 Å². The van der Waals surface area contributed by atoms with Gasteiger partial charge in [-0.25, -0.2) is 14.4 Å². The van der Waals surface area contributed by atoms with Gasteiger partial charge in [-0.1, -0.05) is 84.4 Å². The summed E-state index contributed by atoms with van der Waals surface area (Å²) >= 11 is 0. The molecule has 0 amide bonds. The largest absolute Gasteiger partial charge is 0.278 e. The fourth-order valence-electron chi connectivity index (χ4n) is 5.31. The average molecular weight is 506 g/mol. The molecular formula is C35H24FN3. The fraction of sp³-hybridized carbons (Fsp3) is 0.0286. The van der Waals surface area contributed by atoms with Crippen LogP contribution in [0.2, 0.25) is 0 Å². The number of benzene rings is 5. The zero-order chi connectivity index (χ0) is 26.3. The molecule has 0 fully saturated rings. The highest BCUT2D eigenvalue weighted by Crippen LogP contribution is 2.33. The fourth-order valence-corrected chi connectivity index (χ4v) is 5.31. The van der Waals surface area contributed by atoms with E-state index < -0.39 is 0 Å². The molecule has 4 heteroatoms. The Kier molecular flexibility index (Phi) is 5.52. The van der Waals surface area contributed by atoms with Crippen LogP contribution in [0.25, 0.3) is 61.3 Å². The van der Waals surface area contributed by atoms with Crippen LogP contribution < -0.4 is 0 Å². The standard InChI is InChI=1S/C35H24FN3/c1-23-11-16-34-31(19-23)30-9-5-6-10-33(30)39(34)35-37-18-17-32(38-35)28-20-27(21-29(36)22-28)26-14-12-25(13-15-26)24-7-3-2-4-8-24/h2-22H,1H3. The van der Waals surface area contributed by atoms with Gasteiger partial charge in [-0.05, 0) is 71.6 Å². The smallest absolute Gasteiger partial charge is 0.235 e. The highest BCUT2D eigenvalue weighted by molar-refractivity contribution is 6.09. The molecule has 2 heterocycles. The minimum atomic E-state index is -0.304. The summed E-state index contributed by atoms with van der Waals surface area (Å²) in [6.07, 6.45) is 1.74. The number of hydrogen-bond acceptors (Lipinski definition) is 2. The van der Waals surface area contributed by atoms with E-state index in [0.717, 1.165) is 44.1 Å². The van der Waals surface area contributed by atoms with Gasteiger partial charge < -0.3 is 0 Å². The van der Waals surface area contributed by atoms with Crippen LogP contribution in [0.4, 0.5) is 4.39 Å². The van der Waals surface area contributed by atoms with E-state index in [1.54, 1.807) is 12.3 Å². The Morgan fingerprint density at radius 2 is 1.23 bits per heavy atom. The lowest BCUT2D eigenvalue weighted by molar-refractivity contribution is 0.628.